The minimum atomic E-state index is -0.758. The van der Waals surface area contributed by atoms with Crippen molar-refractivity contribution < 1.29 is 14.3 Å². The number of fused-ring (bicyclic) bond motifs is 1. The van der Waals surface area contributed by atoms with Gasteiger partial charge in [0.05, 0.1) is 16.8 Å². The molecular weight excluding hydrogens is 498 g/mol. The molecule has 192 valence electrons. The Hall–Kier alpha value is -4.55. The third kappa shape index (κ3) is 7.02. The standard InChI is InChI=1S/C29H27N5O3S/c1-29(2,3)37-28(36)33-32-27(35)23-17-26(31-25-15-16-30-18-24(23)25)21-11-7-19(8-12-21)5-6-20-9-13-22(14-10-20)34-38-4/h7-18,34H,1-4H3,(H,32,35)(H,33,36). The second kappa shape index (κ2) is 11.7. The Labute approximate surface area is 225 Å². The zero-order chi connectivity index (χ0) is 27.1. The van der Waals surface area contributed by atoms with Crippen LogP contribution in [0.3, 0.4) is 0 Å². The van der Waals surface area contributed by atoms with E-state index < -0.39 is 17.6 Å². The third-order valence-electron chi connectivity index (χ3n) is 5.17. The third-order valence-corrected chi connectivity index (χ3v) is 5.61. The summed E-state index contributed by atoms with van der Waals surface area (Å²) in [5, 5.41) is 0.556. The van der Waals surface area contributed by atoms with Crippen LogP contribution >= 0.6 is 11.9 Å². The number of carbonyl (C=O) groups excluding carboxylic acids is 2. The van der Waals surface area contributed by atoms with Crippen molar-refractivity contribution in [3.05, 3.63) is 89.7 Å². The van der Waals surface area contributed by atoms with E-state index in [2.05, 4.69) is 32.4 Å². The molecule has 0 spiro atoms. The Kier molecular flexibility index (Phi) is 8.14. The van der Waals surface area contributed by atoms with Crippen LogP contribution in [0.4, 0.5) is 10.5 Å². The maximum Gasteiger partial charge on any atom is 0.426 e. The lowest BCUT2D eigenvalue weighted by atomic mass is 10.0. The van der Waals surface area contributed by atoms with Crippen molar-refractivity contribution in [3.63, 3.8) is 0 Å². The number of pyridine rings is 2. The molecule has 2 heterocycles. The summed E-state index contributed by atoms with van der Waals surface area (Å²) < 4.78 is 8.36. The van der Waals surface area contributed by atoms with Gasteiger partial charge in [-0.15, -0.1) is 0 Å². The molecule has 0 fully saturated rings. The molecule has 8 nitrogen and oxygen atoms in total. The fraction of sp³-hybridized carbons (Fsp3) is 0.172. The number of rotatable bonds is 4. The van der Waals surface area contributed by atoms with Gasteiger partial charge in [-0.05, 0) is 69.3 Å². The summed E-state index contributed by atoms with van der Waals surface area (Å²) >= 11 is 1.54. The van der Waals surface area contributed by atoms with Gasteiger partial charge in [0.25, 0.3) is 5.91 Å². The molecule has 0 radical (unpaired) electrons. The van der Waals surface area contributed by atoms with E-state index in [1.165, 1.54) is 0 Å². The van der Waals surface area contributed by atoms with E-state index >= 15 is 0 Å². The highest BCUT2D eigenvalue weighted by molar-refractivity contribution is 7.99. The Balaban J connectivity index is 1.55. The zero-order valence-electron chi connectivity index (χ0n) is 21.5. The highest BCUT2D eigenvalue weighted by atomic mass is 32.2. The number of anilines is 1. The predicted octanol–water partition coefficient (Wildman–Crippen LogP) is 5.56. The molecule has 0 unspecified atom stereocenters. The first kappa shape index (κ1) is 26.5. The summed E-state index contributed by atoms with van der Waals surface area (Å²) in [6.07, 6.45) is 4.40. The van der Waals surface area contributed by atoms with Gasteiger partial charge >= 0.3 is 6.09 Å². The molecule has 0 saturated carbocycles. The summed E-state index contributed by atoms with van der Waals surface area (Å²) in [5.74, 6) is 5.83. The van der Waals surface area contributed by atoms with Crippen molar-refractivity contribution in [2.24, 2.45) is 0 Å². The van der Waals surface area contributed by atoms with E-state index in [0.29, 0.717) is 22.2 Å². The molecule has 2 aromatic carbocycles. The number of hydrogen-bond donors (Lipinski definition) is 3. The number of benzene rings is 2. The van der Waals surface area contributed by atoms with E-state index in [9.17, 15) is 9.59 Å². The lowest BCUT2D eigenvalue weighted by molar-refractivity contribution is 0.0483. The quantitative estimate of drug-likeness (QED) is 0.182. The van der Waals surface area contributed by atoms with Crippen LogP contribution in [-0.2, 0) is 4.74 Å². The second-order valence-corrected chi connectivity index (χ2v) is 9.85. The molecule has 0 bridgehead atoms. The minimum Gasteiger partial charge on any atom is -0.443 e. The number of nitrogens with zero attached hydrogens (tertiary/aromatic N) is 2. The summed E-state index contributed by atoms with van der Waals surface area (Å²) in [6.45, 7) is 5.21. The molecule has 0 aliphatic rings. The number of carbonyl (C=O) groups is 2. The SMILES string of the molecule is CSNc1ccc(C#Cc2ccc(-c3cc(C(=O)NNC(=O)OC(C)(C)C)c4cnccc4n3)cc2)cc1. The molecule has 0 aliphatic carbocycles. The van der Waals surface area contributed by atoms with Crippen LogP contribution in [-0.4, -0.2) is 33.8 Å². The summed E-state index contributed by atoms with van der Waals surface area (Å²) in [6, 6.07) is 19.0. The molecule has 9 heteroatoms. The van der Waals surface area contributed by atoms with Gasteiger partial charge in [0.15, 0.2) is 0 Å². The molecular formula is C29H27N5O3S. The van der Waals surface area contributed by atoms with Gasteiger partial charge in [-0.1, -0.05) is 35.9 Å². The Morgan fingerprint density at radius 3 is 2.21 bits per heavy atom. The largest absolute Gasteiger partial charge is 0.443 e. The van der Waals surface area contributed by atoms with Crippen molar-refractivity contribution in [1.29, 1.82) is 0 Å². The molecule has 4 aromatic rings. The Bertz CT molecular complexity index is 1520. The minimum absolute atomic E-state index is 0.317. The van der Waals surface area contributed by atoms with E-state index in [0.717, 1.165) is 22.4 Å². The molecule has 0 saturated heterocycles. The lowest BCUT2D eigenvalue weighted by Crippen LogP contribution is -2.44. The van der Waals surface area contributed by atoms with Crippen molar-refractivity contribution in [3.8, 4) is 23.1 Å². The van der Waals surface area contributed by atoms with Crippen LogP contribution < -0.4 is 15.6 Å². The van der Waals surface area contributed by atoms with Gasteiger partial charge in [0.2, 0.25) is 0 Å². The molecule has 4 rings (SSSR count). The van der Waals surface area contributed by atoms with Gasteiger partial charge < -0.3 is 9.46 Å². The molecule has 0 aliphatic heterocycles. The summed E-state index contributed by atoms with van der Waals surface area (Å²) in [7, 11) is 0. The number of hydrogen-bond acceptors (Lipinski definition) is 7. The topological polar surface area (TPSA) is 105 Å². The van der Waals surface area contributed by atoms with E-state index in [-0.39, 0.29) is 0 Å². The first-order valence-corrected chi connectivity index (χ1v) is 13.0. The smallest absolute Gasteiger partial charge is 0.426 e. The number of hydrazine groups is 1. The van der Waals surface area contributed by atoms with E-state index in [1.54, 1.807) is 57.2 Å². The summed E-state index contributed by atoms with van der Waals surface area (Å²) in [5.41, 5.74) is 9.12. The van der Waals surface area contributed by atoms with Crippen LogP contribution in [0.15, 0.2) is 73.1 Å². The molecule has 0 atom stereocenters. The Morgan fingerprint density at radius 2 is 1.58 bits per heavy atom. The van der Waals surface area contributed by atoms with Gasteiger partial charge in [0.1, 0.15) is 5.60 Å². The lowest BCUT2D eigenvalue weighted by Gasteiger charge is -2.19. The van der Waals surface area contributed by atoms with Gasteiger partial charge in [0, 0.05) is 46.4 Å². The predicted molar refractivity (Wildman–Crippen MR) is 151 cm³/mol. The summed E-state index contributed by atoms with van der Waals surface area (Å²) in [4.78, 5) is 33.8. The van der Waals surface area contributed by atoms with Crippen molar-refractivity contribution >= 4 is 40.5 Å². The average Bonchev–Trinajstić information content (AvgIpc) is 2.90. The van der Waals surface area contributed by atoms with Crippen LogP contribution in [0, 0.1) is 11.8 Å². The highest BCUT2D eigenvalue weighted by Gasteiger charge is 2.18. The fourth-order valence-corrected chi connectivity index (χ4v) is 3.86. The number of ether oxygens (including phenoxy) is 1. The second-order valence-electron chi connectivity index (χ2n) is 9.24. The van der Waals surface area contributed by atoms with Crippen LogP contribution in [0.25, 0.3) is 22.2 Å². The fourth-order valence-electron chi connectivity index (χ4n) is 3.49. The Morgan fingerprint density at radius 1 is 0.921 bits per heavy atom. The first-order chi connectivity index (χ1) is 18.2. The van der Waals surface area contributed by atoms with Crippen LogP contribution in [0.1, 0.15) is 42.3 Å². The number of amides is 2. The number of nitrogens with one attached hydrogen (secondary N) is 3. The van der Waals surface area contributed by atoms with Crippen LogP contribution in [0.5, 0.6) is 0 Å². The van der Waals surface area contributed by atoms with Gasteiger partial charge in [-0.25, -0.2) is 15.2 Å². The number of aromatic nitrogens is 2. The van der Waals surface area contributed by atoms with Gasteiger partial charge in [-0.3, -0.25) is 15.2 Å². The van der Waals surface area contributed by atoms with Crippen molar-refractivity contribution in [1.82, 2.24) is 20.8 Å². The molecule has 38 heavy (non-hydrogen) atoms. The van der Waals surface area contributed by atoms with Crippen molar-refractivity contribution in [2.75, 3.05) is 11.0 Å². The maximum atomic E-state index is 13.0. The van der Waals surface area contributed by atoms with Crippen LogP contribution in [0.2, 0.25) is 0 Å². The van der Waals surface area contributed by atoms with E-state index in [1.807, 2.05) is 54.8 Å². The normalized spacial score (nSPS) is 10.7. The molecule has 2 amide bonds. The van der Waals surface area contributed by atoms with Crippen molar-refractivity contribution in [2.45, 2.75) is 26.4 Å². The monoisotopic (exact) mass is 525 g/mol. The van der Waals surface area contributed by atoms with E-state index in [4.69, 9.17) is 9.72 Å². The molecule has 2 aromatic heterocycles. The van der Waals surface area contributed by atoms with Gasteiger partial charge in [-0.2, -0.15) is 0 Å². The maximum absolute atomic E-state index is 13.0. The first-order valence-electron chi connectivity index (χ1n) is 11.8. The molecule has 3 N–H and O–H groups in total. The average molecular weight is 526 g/mol. The zero-order valence-corrected chi connectivity index (χ0v) is 22.3. The highest BCUT2D eigenvalue weighted by Crippen LogP contribution is 2.25.